The number of rotatable bonds is 74. The van der Waals surface area contributed by atoms with E-state index >= 15 is 0 Å². The SMILES string of the molecule is CCCCC/C=C\C/C=C\CCCCCCCC(=O)OC[C@H](COP(=O)([O-])OCC(O)COP(=O)([O-])OC[C@@H](COC(=O)CCCCCCC/C=C\C/C=C\CCCCC)OC(=O)CCCCCCCCCCCCCCC)OC(=O)CCCCCCC/C=C\C/C=C\CCCCC. The van der Waals surface area contributed by atoms with Crippen LogP contribution in [0.3, 0.4) is 0 Å². The summed E-state index contributed by atoms with van der Waals surface area (Å²) in [4.78, 5) is 77.5. The van der Waals surface area contributed by atoms with E-state index in [2.05, 4.69) is 101 Å². The predicted molar refractivity (Wildman–Crippen MR) is 395 cm³/mol. The molecule has 0 saturated carbocycles. The molecular weight excluding hydrogens is 1280 g/mol. The zero-order valence-electron chi connectivity index (χ0n) is 62.1. The minimum atomic E-state index is -5.24. The van der Waals surface area contributed by atoms with Crippen molar-refractivity contribution in [3.8, 4) is 0 Å². The van der Waals surface area contributed by atoms with Crippen molar-refractivity contribution < 1.29 is 80.2 Å². The van der Waals surface area contributed by atoms with Crippen molar-refractivity contribution in [2.24, 2.45) is 0 Å². The highest BCUT2D eigenvalue weighted by atomic mass is 31.2. The summed E-state index contributed by atoms with van der Waals surface area (Å²) in [6, 6.07) is 0. The van der Waals surface area contributed by atoms with E-state index in [0.29, 0.717) is 25.7 Å². The Labute approximate surface area is 596 Å². The highest BCUT2D eigenvalue weighted by Gasteiger charge is 2.25. The van der Waals surface area contributed by atoms with Crippen molar-refractivity contribution in [2.45, 2.75) is 367 Å². The van der Waals surface area contributed by atoms with Crippen LogP contribution in [0.4, 0.5) is 0 Å². The molecule has 0 rings (SSSR count). The maximum Gasteiger partial charge on any atom is 0.306 e. The molecule has 17 nitrogen and oxygen atoms in total. The molecule has 0 radical (unpaired) electrons. The number of phosphoric ester groups is 2. The number of carbonyl (C=O) groups is 4. The van der Waals surface area contributed by atoms with Crippen LogP contribution in [0.5, 0.6) is 0 Å². The lowest BCUT2D eigenvalue weighted by atomic mass is 10.0. The van der Waals surface area contributed by atoms with E-state index in [9.17, 15) is 43.2 Å². The molecule has 0 aliphatic carbocycles. The Morgan fingerprint density at radius 1 is 0.296 bits per heavy atom. The van der Waals surface area contributed by atoms with Gasteiger partial charge in [-0.25, -0.2) is 0 Å². The second kappa shape index (κ2) is 71.9. The average molecular weight is 1420 g/mol. The lowest BCUT2D eigenvalue weighted by Crippen LogP contribution is -2.31. The first-order valence-corrected chi connectivity index (χ1v) is 42.1. The van der Waals surface area contributed by atoms with Crippen LogP contribution in [0.1, 0.15) is 349 Å². The van der Waals surface area contributed by atoms with Crippen molar-refractivity contribution in [3.63, 3.8) is 0 Å². The molecule has 98 heavy (non-hydrogen) atoms. The highest BCUT2D eigenvalue weighted by molar-refractivity contribution is 7.46. The van der Waals surface area contributed by atoms with E-state index in [-0.39, 0.29) is 25.7 Å². The Morgan fingerprint density at radius 3 is 0.786 bits per heavy atom. The van der Waals surface area contributed by atoms with E-state index in [0.717, 1.165) is 161 Å². The minimum Gasteiger partial charge on any atom is -0.756 e. The van der Waals surface area contributed by atoms with E-state index < -0.39 is 97.5 Å². The molecule has 0 saturated heterocycles. The van der Waals surface area contributed by atoms with Crippen molar-refractivity contribution in [1.82, 2.24) is 0 Å². The van der Waals surface area contributed by atoms with Crippen LogP contribution in [0.25, 0.3) is 0 Å². The first kappa shape index (κ1) is 94.5. The van der Waals surface area contributed by atoms with Crippen molar-refractivity contribution in [2.75, 3.05) is 39.6 Å². The van der Waals surface area contributed by atoms with Crippen LogP contribution in [0, 0.1) is 0 Å². The van der Waals surface area contributed by atoms with Gasteiger partial charge in [0.25, 0.3) is 15.6 Å². The highest BCUT2D eigenvalue weighted by Crippen LogP contribution is 2.41. The summed E-state index contributed by atoms with van der Waals surface area (Å²) < 4.78 is 67.6. The largest absolute Gasteiger partial charge is 0.756 e. The van der Waals surface area contributed by atoms with E-state index in [1.165, 1.54) is 109 Å². The van der Waals surface area contributed by atoms with Gasteiger partial charge in [-0.2, -0.15) is 0 Å². The molecule has 0 aromatic rings. The fourth-order valence-electron chi connectivity index (χ4n) is 10.6. The van der Waals surface area contributed by atoms with Gasteiger partial charge in [-0.15, -0.1) is 0 Å². The third-order valence-electron chi connectivity index (χ3n) is 16.6. The zero-order chi connectivity index (χ0) is 71.8. The quantitative estimate of drug-likeness (QED) is 0.0196. The third kappa shape index (κ3) is 70.9. The fraction of sp³-hybridized carbons (Fsp3) is 0.797. The normalized spacial score (nSPS) is 14.3. The number of hydrogen-bond acceptors (Lipinski definition) is 17. The molecule has 0 aromatic carbocycles. The Morgan fingerprint density at radius 2 is 0.510 bits per heavy atom. The molecule has 0 fully saturated rings. The molecule has 0 spiro atoms. The molecule has 0 amide bonds. The van der Waals surface area contributed by atoms with Crippen LogP contribution in [-0.4, -0.2) is 86.9 Å². The first-order chi connectivity index (χ1) is 47.7. The van der Waals surface area contributed by atoms with E-state index in [1.54, 1.807) is 0 Å². The summed E-state index contributed by atoms with van der Waals surface area (Å²) >= 11 is 0. The number of unbranched alkanes of at least 4 members (excludes halogenated alkanes) is 36. The van der Waals surface area contributed by atoms with Gasteiger partial charge in [0.1, 0.15) is 19.3 Å². The van der Waals surface area contributed by atoms with Gasteiger partial charge in [0.15, 0.2) is 12.2 Å². The summed E-state index contributed by atoms with van der Waals surface area (Å²) in [7, 11) is -10.5. The summed E-state index contributed by atoms with van der Waals surface area (Å²) in [6.45, 7) is 4.39. The number of allylic oxidation sites excluding steroid dienone is 12. The van der Waals surface area contributed by atoms with Gasteiger partial charge in [-0.1, -0.05) is 274 Å². The van der Waals surface area contributed by atoms with Gasteiger partial charge in [-0.3, -0.25) is 28.3 Å². The summed E-state index contributed by atoms with van der Waals surface area (Å²) in [6.07, 6.45) is 70.9. The number of aliphatic hydroxyl groups excluding tert-OH is 1. The standard InChI is InChI=1S/C79H142O17P2/c1-5-9-13-17-21-25-29-33-36-40-43-47-51-55-59-63-76(81)89-69-74(95-78(83)65-61-57-53-49-45-39-32-28-24-20-16-12-8-4)71-93-97(85,86)91-67-73(80)68-92-98(87,88)94-72-75(96-79(84)66-62-58-54-50-46-42-38-35-31-27-23-19-15-11-7-3)70-90-77(82)64-60-56-52-48-44-41-37-34-30-26-22-18-14-10-6-2/h21-23,25-27,33-38,73-75,80H,5-20,24,28-32,39-72H2,1-4H3,(H,85,86)(H,87,88)/p-2/b25-21-,26-22-,27-23-,36-33-,37-34-,38-35-/t73?,74-,75-/m1/s1. The van der Waals surface area contributed by atoms with Gasteiger partial charge in [-0.05, 0) is 122 Å². The monoisotopic (exact) mass is 1420 g/mol. The molecule has 0 aliphatic rings. The first-order valence-electron chi connectivity index (χ1n) is 39.1. The Balaban J connectivity index is 5.36. The molecular formula is C79H140O17P2-2. The molecule has 0 bridgehead atoms. The molecule has 19 heteroatoms. The van der Waals surface area contributed by atoms with E-state index in [1.807, 2.05) is 0 Å². The average Bonchev–Trinajstić information content (AvgIpc) is 1.04. The van der Waals surface area contributed by atoms with Crippen LogP contribution < -0.4 is 9.79 Å². The number of aliphatic hydroxyl groups is 1. The Hall–Kier alpha value is -3.50. The second-order valence-corrected chi connectivity index (χ2v) is 29.1. The van der Waals surface area contributed by atoms with Crippen LogP contribution in [0.2, 0.25) is 0 Å². The van der Waals surface area contributed by atoms with Crippen LogP contribution in [-0.2, 0) is 65.4 Å². The maximum absolute atomic E-state index is 13.0. The van der Waals surface area contributed by atoms with Crippen LogP contribution in [0.15, 0.2) is 72.9 Å². The molecule has 570 valence electrons. The minimum absolute atomic E-state index is 0.0574. The van der Waals surface area contributed by atoms with Gasteiger partial charge in [0, 0.05) is 25.7 Å². The Bertz CT molecular complexity index is 2140. The van der Waals surface area contributed by atoms with E-state index in [4.69, 9.17) is 37.0 Å². The molecule has 3 unspecified atom stereocenters. The lowest BCUT2D eigenvalue weighted by molar-refractivity contribution is -0.233. The molecule has 5 atom stereocenters. The topological polar surface area (TPSA) is 243 Å². The number of ether oxygens (including phenoxy) is 4. The van der Waals surface area contributed by atoms with Gasteiger partial charge in [0.2, 0.25) is 0 Å². The second-order valence-electron chi connectivity index (χ2n) is 26.3. The van der Waals surface area contributed by atoms with Gasteiger partial charge >= 0.3 is 23.9 Å². The lowest BCUT2D eigenvalue weighted by Gasteiger charge is -2.28. The van der Waals surface area contributed by atoms with Crippen molar-refractivity contribution in [3.05, 3.63) is 72.9 Å². The Kier molecular flexibility index (Phi) is 69.3. The van der Waals surface area contributed by atoms with Gasteiger partial charge in [0.05, 0.1) is 26.4 Å². The smallest absolute Gasteiger partial charge is 0.306 e. The molecule has 0 aromatic heterocycles. The number of hydrogen-bond donors (Lipinski definition) is 1. The third-order valence-corrected chi connectivity index (χ3v) is 18.5. The number of esters is 4. The summed E-state index contributed by atoms with van der Waals surface area (Å²) in [5.41, 5.74) is 0. The van der Waals surface area contributed by atoms with Crippen molar-refractivity contribution in [1.29, 1.82) is 0 Å². The maximum atomic E-state index is 13.0. The van der Waals surface area contributed by atoms with Crippen LogP contribution >= 0.6 is 15.6 Å². The van der Waals surface area contributed by atoms with Gasteiger partial charge < -0.3 is 51.9 Å². The van der Waals surface area contributed by atoms with Crippen molar-refractivity contribution >= 4 is 39.5 Å². The summed E-state index contributed by atoms with van der Waals surface area (Å²) in [5.74, 6) is -2.29. The predicted octanol–water partition coefficient (Wildman–Crippen LogP) is 21.2. The molecule has 0 heterocycles. The molecule has 0 aliphatic heterocycles. The molecule has 1 N–H and O–H groups in total. The number of phosphoric acid groups is 2. The summed E-state index contributed by atoms with van der Waals surface area (Å²) in [5, 5.41) is 10.6. The number of carbonyl (C=O) groups excluding carboxylic acids is 4. The zero-order valence-corrected chi connectivity index (χ0v) is 63.9. The fourth-order valence-corrected chi connectivity index (χ4v) is 12.1.